The highest BCUT2D eigenvalue weighted by Crippen LogP contribution is 2.26. The fourth-order valence-electron chi connectivity index (χ4n) is 3.14. The molecule has 0 radical (unpaired) electrons. The van der Waals surface area contributed by atoms with Crippen LogP contribution >= 0.6 is 0 Å². The number of ether oxygens (including phenoxy) is 2. The average molecular weight is 276 g/mol. The fourth-order valence-corrected chi connectivity index (χ4v) is 3.14. The molecule has 20 heavy (non-hydrogen) atoms. The lowest BCUT2D eigenvalue weighted by Crippen LogP contribution is -2.49. The third-order valence-electron chi connectivity index (χ3n) is 4.14. The van der Waals surface area contributed by atoms with Crippen molar-refractivity contribution in [3.05, 3.63) is 29.3 Å². The molecule has 110 valence electrons. The van der Waals surface area contributed by atoms with Gasteiger partial charge in [0.25, 0.3) is 0 Å². The molecule has 0 aromatic heterocycles. The van der Waals surface area contributed by atoms with Gasteiger partial charge in [-0.1, -0.05) is 12.1 Å². The van der Waals surface area contributed by atoms with Crippen molar-refractivity contribution in [3.63, 3.8) is 0 Å². The van der Waals surface area contributed by atoms with Crippen LogP contribution in [0.4, 0.5) is 0 Å². The maximum absolute atomic E-state index is 5.80. The molecule has 1 aromatic carbocycles. The summed E-state index contributed by atoms with van der Waals surface area (Å²) >= 11 is 0. The predicted octanol–water partition coefficient (Wildman–Crippen LogP) is 1.21. The number of nitrogens with zero attached hydrogens (tertiary/aromatic N) is 1. The zero-order valence-corrected chi connectivity index (χ0v) is 12.2. The van der Waals surface area contributed by atoms with Crippen LogP contribution in [0.2, 0.25) is 0 Å². The molecule has 4 heteroatoms. The van der Waals surface area contributed by atoms with E-state index in [4.69, 9.17) is 15.2 Å². The Kier molecular flexibility index (Phi) is 4.24. The lowest BCUT2D eigenvalue weighted by molar-refractivity contribution is -0.0716. The van der Waals surface area contributed by atoms with Crippen LogP contribution in [-0.4, -0.2) is 49.9 Å². The van der Waals surface area contributed by atoms with Crippen molar-refractivity contribution < 1.29 is 9.47 Å². The van der Waals surface area contributed by atoms with Crippen LogP contribution in [0.25, 0.3) is 0 Å². The van der Waals surface area contributed by atoms with Gasteiger partial charge in [-0.2, -0.15) is 0 Å². The van der Waals surface area contributed by atoms with Crippen LogP contribution in [-0.2, 0) is 17.6 Å². The highest BCUT2D eigenvalue weighted by atomic mass is 16.5. The predicted molar refractivity (Wildman–Crippen MR) is 79.2 cm³/mol. The molecule has 1 aromatic rings. The van der Waals surface area contributed by atoms with E-state index in [0.29, 0.717) is 6.54 Å². The summed E-state index contributed by atoms with van der Waals surface area (Å²) in [7, 11) is 0. The van der Waals surface area contributed by atoms with Crippen LogP contribution in [0.5, 0.6) is 5.75 Å². The maximum Gasteiger partial charge on any atom is 0.122 e. The lowest BCUT2D eigenvalue weighted by Gasteiger charge is -2.36. The van der Waals surface area contributed by atoms with Gasteiger partial charge in [0.1, 0.15) is 5.75 Å². The molecule has 2 aliphatic heterocycles. The second-order valence-electron chi connectivity index (χ2n) is 5.85. The highest BCUT2D eigenvalue weighted by molar-refractivity contribution is 5.39. The van der Waals surface area contributed by atoms with Crippen molar-refractivity contribution >= 4 is 0 Å². The Labute approximate surface area is 120 Å². The van der Waals surface area contributed by atoms with Crippen LogP contribution in [0.15, 0.2) is 18.2 Å². The number of morpholine rings is 1. The maximum atomic E-state index is 5.80. The van der Waals surface area contributed by atoms with Crippen LogP contribution in [0.1, 0.15) is 18.1 Å². The van der Waals surface area contributed by atoms with Crippen molar-refractivity contribution in [1.82, 2.24) is 4.90 Å². The minimum atomic E-state index is 0.187. The summed E-state index contributed by atoms with van der Waals surface area (Å²) in [5.74, 6) is 1.07. The van der Waals surface area contributed by atoms with E-state index in [1.165, 1.54) is 11.1 Å². The van der Waals surface area contributed by atoms with Crippen molar-refractivity contribution in [2.24, 2.45) is 5.73 Å². The highest BCUT2D eigenvalue weighted by Gasteiger charge is 2.23. The number of fused-ring (bicyclic) bond motifs is 1. The Hall–Kier alpha value is -1.10. The molecule has 0 spiro atoms. The smallest absolute Gasteiger partial charge is 0.122 e. The Morgan fingerprint density at radius 1 is 1.35 bits per heavy atom. The van der Waals surface area contributed by atoms with Gasteiger partial charge in [0, 0.05) is 32.6 Å². The van der Waals surface area contributed by atoms with Crippen molar-refractivity contribution in [3.8, 4) is 5.75 Å². The SMILES string of the molecule is CC1CN(CCc2ccc3c(c2)CCO3)CC(CN)O1. The molecule has 4 nitrogen and oxygen atoms in total. The molecule has 0 aliphatic carbocycles. The topological polar surface area (TPSA) is 47.7 Å². The van der Waals surface area contributed by atoms with E-state index >= 15 is 0 Å². The first-order valence-electron chi connectivity index (χ1n) is 7.57. The zero-order valence-electron chi connectivity index (χ0n) is 12.2. The molecule has 0 saturated carbocycles. The van der Waals surface area contributed by atoms with E-state index in [1.807, 2.05) is 0 Å². The largest absolute Gasteiger partial charge is 0.493 e. The summed E-state index contributed by atoms with van der Waals surface area (Å²) < 4.78 is 11.3. The van der Waals surface area contributed by atoms with E-state index in [-0.39, 0.29) is 12.2 Å². The number of nitrogens with two attached hydrogens (primary N) is 1. The normalized spacial score (nSPS) is 26.3. The molecule has 2 heterocycles. The number of benzene rings is 1. The van der Waals surface area contributed by atoms with E-state index in [9.17, 15) is 0 Å². The molecule has 1 saturated heterocycles. The molecule has 0 bridgehead atoms. The Morgan fingerprint density at radius 3 is 3.10 bits per heavy atom. The van der Waals surface area contributed by atoms with Gasteiger partial charge in [-0.25, -0.2) is 0 Å². The summed E-state index contributed by atoms with van der Waals surface area (Å²) in [4.78, 5) is 2.47. The summed E-state index contributed by atoms with van der Waals surface area (Å²) in [6, 6.07) is 6.60. The zero-order chi connectivity index (χ0) is 13.9. The van der Waals surface area contributed by atoms with E-state index in [1.54, 1.807) is 0 Å². The summed E-state index contributed by atoms with van der Waals surface area (Å²) in [5.41, 5.74) is 8.49. The average Bonchev–Trinajstić information content (AvgIpc) is 2.92. The van der Waals surface area contributed by atoms with Gasteiger partial charge in [-0.05, 0) is 30.5 Å². The number of rotatable bonds is 4. The van der Waals surface area contributed by atoms with Crippen molar-refractivity contribution in [2.75, 3.05) is 32.8 Å². The van der Waals surface area contributed by atoms with Gasteiger partial charge in [-0.3, -0.25) is 4.90 Å². The monoisotopic (exact) mass is 276 g/mol. The van der Waals surface area contributed by atoms with Crippen LogP contribution in [0.3, 0.4) is 0 Å². The van der Waals surface area contributed by atoms with Gasteiger partial charge in [0.05, 0.1) is 18.8 Å². The molecule has 3 rings (SSSR count). The Balaban J connectivity index is 1.56. The first kappa shape index (κ1) is 13.9. The Morgan fingerprint density at radius 2 is 2.25 bits per heavy atom. The number of hydrogen-bond donors (Lipinski definition) is 1. The van der Waals surface area contributed by atoms with E-state index < -0.39 is 0 Å². The van der Waals surface area contributed by atoms with Crippen molar-refractivity contribution in [1.29, 1.82) is 0 Å². The summed E-state index contributed by atoms with van der Waals surface area (Å²) in [5, 5.41) is 0. The molecule has 2 unspecified atom stereocenters. The minimum absolute atomic E-state index is 0.187. The first-order valence-corrected chi connectivity index (χ1v) is 7.57. The summed E-state index contributed by atoms with van der Waals surface area (Å²) in [6.07, 6.45) is 2.60. The number of hydrogen-bond acceptors (Lipinski definition) is 4. The second-order valence-corrected chi connectivity index (χ2v) is 5.85. The molecule has 2 N–H and O–H groups in total. The van der Waals surface area contributed by atoms with Gasteiger partial charge in [0.2, 0.25) is 0 Å². The molecule has 2 aliphatic rings. The quantitative estimate of drug-likeness (QED) is 0.898. The summed E-state index contributed by atoms with van der Waals surface area (Å²) in [6.45, 7) is 6.60. The third kappa shape index (κ3) is 3.14. The van der Waals surface area contributed by atoms with E-state index in [0.717, 1.165) is 44.8 Å². The standard InChI is InChI=1S/C16H24N2O2/c1-12-10-18(11-15(9-17)20-12)6-4-13-2-3-16-14(8-13)5-7-19-16/h2-3,8,12,15H,4-7,9-11,17H2,1H3. The lowest BCUT2D eigenvalue weighted by atomic mass is 10.1. The van der Waals surface area contributed by atoms with Gasteiger partial charge in [-0.15, -0.1) is 0 Å². The van der Waals surface area contributed by atoms with Gasteiger partial charge < -0.3 is 15.2 Å². The van der Waals surface area contributed by atoms with Crippen LogP contribution < -0.4 is 10.5 Å². The molecular weight excluding hydrogens is 252 g/mol. The van der Waals surface area contributed by atoms with Crippen LogP contribution in [0, 0.1) is 0 Å². The third-order valence-corrected chi connectivity index (χ3v) is 4.14. The molecular formula is C16H24N2O2. The van der Waals surface area contributed by atoms with Gasteiger partial charge >= 0.3 is 0 Å². The van der Waals surface area contributed by atoms with E-state index in [2.05, 4.69) is 30.0 Å². The molecule has 1 fully saturated rings. The molecule has 0 amide bonds. The Bertz CT molecular complexity index is 464. The molecule has 2 atom stereocenters. The second kappa shape index (κ2) is 6.12. The first-order chi connectivity index (χ1) is 9.74. The van der Waals surface area contributed by atoms with Crippen molar-refractivity contribution in [2.45, 2.75) is 32.0 Å². The fraction of sp³-hybridized carbons (Fsp3) is 0.625. The van der Waals surface area contributed by atoms with Gasteiger partial charge in [0.15, 0.2) is 0 Å². The minimum Gasteiger partial charge on any atom is -0.493 e.